The minimum atomic E-state index is -3.72. The van der Waals surface area contributed by atoms with E-state index in [1.165, 1.54) is 42.2 Å². The first-order valence-electron chi connectivity index (χ1n) is 9.42. The summed E-state index contributed by atoms with van der Waals surface area (Å²) in [5, 5.41) is 10.1. The van der Waals surface area contributed by atoms with Crippen LogP contribution in [0.2, 0.25) is 0 Å². The van der Waals surface area contributed by atoms with Crippen molar-refractivity contribution in [2.75, 3.05) is 27.2 Å². The third-order valence-corrected chi connectivity index (χ3v) is 7.35. The molecule has 0 saturated heterocycles. The summed E-state index contributed by atoms with van der Waals surface area (Å²) in [5.41, 5.74) is 3.54. The predicted molar refractivity (Wildman–Crippen MR) is 103 cm³/mol. The smallest absolute Gasteiger partial charge is 0.254 e. The van der Waals surface area contributed by atoms with Crippen molar-refractivity contribution in [3.8, 4) is 5.75 Å². The normalized spacial score (nSPS) is 17.6. The first kappa shape index (κ1) is 18.9. The molecule has 1 aliphatic carbocycles. The van der Waals surface area contributed by atoms with Crippen molar-refractivity contribution < 1.29 is 17.9 Å². The highest BCUT2D eigenvalue weighted by Crippen LogP contribution is 2.42. The van der Waals surface area contributed by atoms with Gasteiger partial charge in [0.2, 0.25) is 10.0 Å². The number of amides is 1. The molecule has 0 atom stereocenters. The summed E-state index contributed by atoms with van der Waals surface area (Å²) in [6.45, 7) is 0.777. The minimum Gasteiger partial charge on any atom is -0.496 e. The van der Waals surface area contributed by atoms with E-state index in [2.05, 4.69) is 15.5 Å². The van der Waals surface area contributed by atoms with Gasteiger partial charge in [-0.2, -0.15) is 9.40 Å². The van der Waals surface area contributed by atoms with Crippen LogP contribution in [0.15, 0.2) is 23.1 Å². The number of rotatable bonds is 5. The number of carbonyl (C=O) groups excluding carboxylic acids is 1. The van der Waals surface area contributed by atoms with Gasteiger partial charge in [0.1, 0.15) is 5.75 Å². The standard InChI is InChI=1S/C19H24N4O4S/c1-20-19(24)15-11-13(5-6-17(15)27-2)28(25,26)23-9-7-14-16(8-10-23)21-22-18(14)12-3-4-12/h5-6,11-12H,3-4,7-10H2,1-2H3,(H,20,24)(H,21,22). The molecule has 1 aliphatic heterocycles. The Kier molecular flexibility index (Phi) is 4.88. The number of nitrogens with zero attached hydrogens (tertiary/aromatic N) is 2. The number of fused-ring (bicyclic) bond motifs is 1. The summed E-state index contributed by atoms with van der Waals surface area (Å²) < 4.78 is 33.2. The number of nitrogens with one attached hydrogen (secondary N) is 2. The SMILES string of the molecule is CNC(=O)c1cc(S(=O)(=O)N2CCc3[nH]nc(C4CC4)c3CC2)ccc1OC. The quantitative estimate of drug-likeness (QED) is 0.785. The molecule has 0 radical (unpaired) electrons. The number of hydrogen-bond donors (Lipinski definition) is 2. The van der Waals surface area contributed by atoms with E-state index in [0.717, 1.165) is 24.2 Å². The second-order valence-electron chi connectivity index (χ2n) is 7.19. The lowest BCUT2D eigenvalue weighted by molar-refractivity contribution is 0.0960. The highest BCUT2D eigenvalue weighted by atomic mass is 32.2. The lowest BCUT2D eigenvalue weighted by atomic mass is 10.1. The van der Waals surface area contributed by atoms with Gasteiger partial charge in [0.15, 0.2) is 0 Å². The second-order valence-corrected chi connectivity index (χ2v) is 9.12. The number of carbonyl (C=O) groups is 1. The molecule has 4 rings (SSSR count). The topological polar surface area (TPSA) is 104 Å². The molecule has 2 N–H and O–H groups in total. The molecule has 8 nitrogen and oxygen atoms in total. The summed E-state index contributed by atoms with van der Waals surface area (Å²) in [6.07, 6.45) is 3.57. The first-order valence-corrected chi connectivity index (χ1v) is 10.9. The van der Waals surface area contributed by atoms with Gasteiger partial charge in [-0.3, -0.25) is 9.89 Å². The molecule has 1 aromatic carbocycles. The zero-order chi connectivity index (χ0) is 19.9. The third kappa shape index (κ3) is 3.29. The number of methoxy groups -OCH3 is 1. The molecule has 2 heterocycles. The van der Waals surface area contributed by atoms with Crippen molar-refractivity contribution in [2.45, 2.75) is 36.5 Å². The molecule has 1 amide bonds. The summed E-state index contributed by atoms with van der Waals surface area (Å²) in [5.74, 6) is 0.476. The van der Waals surface area contributed by atoms with Crippen LogP contribution in [0.25, 0.3) is 0 Å². The maximum Gasteiger partial charge on any atom is 0.254 e. The fraction of sp³-hybridized carbons (Fsp3) is 0.474. The Bertz CT molecular complexity index is 1010. The number of H-pyrrole nitrogens is 1. The van der Waals surface area contributed by atoms with Gasteiger partial charge in [-0.1, -0.05) is 0 Å². The van der Waals surface area contributed by atoms with Crippen LogP contribution in [-0.4, -0.2) is 56.1 Å². The van der Waals surface area contributed by atoms with Crippen LogP contribution in [0.1, 0.15) is 46.1 Å². The molecule has 2 aromatic rings. The molecule has 0 spiro atoms. The number of aromatic amines is 1. The molecule has 150 valence electrons. The van der Waals surface area contributed by atoms with Crippen LogP contribution in [0.5, 0.6) is 5.75 Å². The highest BCUT2D eigenvalue weighted by molar-refractivity contribution is 7.89. The first-order chi connectivity index (χ1) is 13.5. The average Bonchev–Trinajstić information content (AvgIpc) is 3.51. The zero-order valence-corrected chi connectivity index (χ0v) is 16.8. The van der Waals surface area contributed by atoms with Crippen molar-refractivity contribution >= 4 is 15.9 Å². The molecular formula is C19H24N4O4S. The van der Waals surface area contributed by atoms with Crippen LogP contribution < -0.4 is 10.1 Å². The molecule has 1 saturated carbocycles. The largest absolute Gasteiger partial charge is 0.496 e. The van der Waals surface area contributed by atoms with E-state index in [1.54, 1.807) is 0 Å². The fourth-order valence-corrected chi connectivity index (χ4v) is 5.20. The van der Waals surface area contributed by atoms with E-state index in [1.807, 2.05) is 0 Å². The van der Waals surface area contributed by atoms with Gasteiger partial charge in [-0.25, -0.2) is 8.42 Å². The van der Waals surface area contributed by atoms with E-state index < -0.39 is 10.0 Å². The van der Waals surface area contributed by atoms with Crippen LogP contribution in [0.4, 0.5) is 0 Å². The van der Waals surface area contributed by atoms with Crippen molar-refractivity contribution in [3.63, 3.8) is 0 Å². The third-order valence-electron chi connectivity index (χ3n) is 5.45. The fourth-order valence-electron chi connectivity index (χ4n) is 3.73. The van der Waals surface area contributed by atoms with Gasteiger partial charge in [0, 0.05) is 38.2 Å². The summed E-state index contributed by atoms with van der Waals surface area (Å²) in [4.78, 5) is 12.2. The van der Waals surface area contributed by atoms with Crippen LogP contribution in [0, 0.1) is 0 Å². The van der Waals surface area contributed by atoms with Crippen molar-refractivity contribution in [2.24, 2.45) is 0 Å². The Labute approximate surface area is 164 Å². The number of sulfonamides is 1. The van der Waals surface area contributed by atoms with E-state index in [0.29, 0.717) is 37.6 Å². The maximum absolute atomic E-state index is 13.2. The Balaban J connectivity index is 1.61. The molecule has 9 heteroatoms. The lowest BCUT2D eigenvalue weighted by Crippen LogP contribution is -2.33. The van der Waals surface area contributed by atoms with Crippen molar-refractivity contribution in [1.82, 2.24) is 19.8 Å². The van der Waals surface area contributed by atoms with Gasteiger partial charge in [0.25, 0.3) is 5.91 Å². The summed E-state index contributed by atoms with van der Waals surface area (Å²) >= 11 is 0. The van der Waals surface area contributed by atoms with Crippen molar-refractivity contribution in [3.05, 3.63) is 40.7 Å². The number of hydrogen-bond acceptors (Lipinski definition) is 5. The predicted octanol–water partition coefficient (Wildman–Crippen LogP) is 1.44. The molecule has 0 unspecified atom stereocenters. The van der Waals surface area contributed by atoms with E-state index in [4.69, 9.17) is 4.74 Å². The van der Waals surface area contributed by atoms with Gasteiger partial charge >= 0.3 is 0 Å². The Morgan fingerprint density at radius 2 is 2.04 bits per heavy atom. The van der Waals surface area contributed by atoms with Gasteiger partial charge in [0.05, 0.1) is 23.3 Å². The highest BCUT2D eigenvalue weighted by Gasteiger charge is 2.33. The molecule has 2 aliphatic rings. The number of aromatic nitrogens is 2. The van der Waals surface area contributed by atoms with E-state index >= 15 is 0 Å². The minimum absolute atomic E-state index is 0.0954. The van der Waals surface area contributed by atoms with Gasteiger partial charge in [-0.15, -0.1) is 0 Å². The van der Waals surface area contributed by atoms with Crippen LogP contribution >= 0.6 is 0 Å². The van der Waals surface area contributed by atoms with Crippen molar-refractivity contribution in [1.29, 1.82) is 0 Å². The van der Waals surface area contributed by atoms with E-state index in [9.17, 15) is 13.2 Å². The van der Waals surface area contributed by atoms with Crippen LogP contribution in [0.3, 0.4) is 0 Å². The number of benzene rings is 1. The number of ether oxygens (including phenoxy) is 1. The van der Waals surface area contributed by atoms with Gasteiger partial charge in [-0.05, 0) is 43.0 Å². The average molecular weight is 404 g/mol. The molecule has 0 bridgehead atoms. The maximum atomic E-state index is 13.2. The molecule has 1 fully saturated rings. The lowest BCUT2D eigenvalue weighted by Gasteiger charge is -2.20. The van der Waals surface area contributed by atoms with Crippen LogP contribution in [-0.2, 0) is 22.9 Å². The Morgan fingerprint density at radius 3 is 2.71 bits per heavy atom. The summed E-state index contributed by atoms with van der Waals surface area (Å²) in [7, 11) is -0.779. The molecule has 1 aromatic heterocycles. The second kappa shape index (κ2) is 7.21. The Morgan fingerprint density at radius 1 is 1.29 bits per heavy atom. The molecular weight excluding hydrogens is 380 g/mol. The van der Waals surface area contributed by atoms with Gasteiger partial charge < -0.3 is 10.1 Å². The monoisotopic (exact) mass is 404 g/mol. The Hall–Kier alpha value is -2.39. The molecule has 28 heavy (non-hydrogen) atoms. The summed E-state index contributed by atoms with van der Waals surface area (Å²) in [6, 6.07) is 4.39. The zero-order valence-electron chi connectivity index (χ0n) is 16.0. The van der Waals surface area contributed by atoms with E-state index in [-0.39, 0.29) is 16.4 Å².